The molecule has 2 heterocycles. The van der Waals surface area contributed by atoms with Crippen LogP contribution in [0.2, 0.25) is 0 Å². The monoisotopic (exact) mass is 359 g/mol. The minimum atomic E-state index is -0.289. The lowest BCUT2D eigenvalue weighted by atomic mass is 10.1. The number of benzene rings is 1. The van der Waals surface area contributed by atoms with Gasteiger partial charge in [-0.3, -0.25) is 4.79 Å². The van der Waals surface area contributed by atoms with Crippen molar-refractivity contribution in [2.24, 2.45) is 0 Å². The maximum atomic E-state index is 13.2. The predicted molar refractivity (Wildman–Crippen MR) is 94.9 cm³/mol. The number of thiophene rings is 1. The summed E-state index contributed by atoms with van der Waals surface area (Å²) in [6.07, 6.45) is 1.63. The Balaban J connectivity index is 1.67. The second kappa shape index (κ2) is 8.09. The van der Waals surface area contributed by atoms with E-state index in [1.807, 2.05) is 36.7 Å². The Labute approximate surface area is 149 Å². The van der Waals surface area contributed by atoms with Gasteiger partial charge in [0.25, 0.3) is 5.91 Å². The first-order valence-corrected chi connectivity index (χ1v) is 8.91. The van der Waals surface area contributed by atoms with Crippen LogP contribution in [0.1, 0.15) is 22.2 Å². The molecule has 2 N–H and O–H groups in total. The molecule has 25 heavy (non-hydrogen) atoms. The Bertz CT molecular complexity index is 785. The van der Waals surface area contributed by atoms with Gasteiger partial charge in [0.1, 0.15) is 12.4 Å². The van der Waals surface area contributed by atoms with Gasteiger partial charge in [-0.1, -0.05) is 18.2 Å². The zero-order valence-corrected chi connectivity index (χ0v) is 14.7. The highest BCUT2D eigenvalue weighted by molar-refractivity contribution is 7.10. The van der Waals surface area contributed by atoms with Gasteiger partial charge in [-0.2, -0.15) is 0 Å². The Kier molecular flexibility index (Phi) is 5.63. The molecule has 3 rings (SSSR count). The van der Waals surface area contributed by atoms with Gasteiger partial charge in [-0.25, -0.2) is 4.39 Å². The van der Waals surface area contributed by atoms with Crippen LogP contribution in [-0.2, 0) is 11.3 Å². The van der Waals surface area contributed by atoms with Crippen LogP contribution in [0, 0.1) is 5.82 Å². The second-order valence-corrected chi connectivity index (χ2v) is 6.94. The van der Waals surface area contributed by atoms with E-state index >= 15 is 0 Å². The van der Waals surface area contributed by atoms with Gasteiger partial charge in [-0.05, 0) is 41.3 Å². The van der Waals surface area contributed by atoms with Crippen molar-refractivity contribution in [1.29, 1.82) is 0 Å². The number of hydrogen-bond acceptors (Lipinski definition) is 3. The lowest BCUT2D eigenvalue weighted by Crippen LogP contribution is -3.08. The van der Waals surface area contributed by atoms with Gasteiger partial charge in [0.15, 0.2) is 12.3 Å². The molecule has 130 valence electrons. The molecule has 2 aromatic heterocycles. The topological polar surface area (TPSA) is 46.7 Å². The van der Waals surface area contributed by atoms with E-state index in [-0.39, 0.29) is 17.8 Å². The molecule has 1 unspecified atom stereocenters. The fourth-order valence-electron chi connectivity index (χ4n) is 2.69. The van der Waals surface area contributed by atoms with Crippen LogP contribution in [-0.4, -0.2) is 19.5 Å². The molecule has 0 saturated carbocycles. The van der Waals surface area contributed by atoms with Crippen molar-refractivity contribution < 1.29 is 18.5 Å². The number of amides is 1. The molecular formula is C19H20FN2O2S+. The Morgan fingerprint density at radius 1 is 1.24 bits per heavy atom. The molecule has 0 aliphatic rings. The number of nitrogens with one attached hydrogen (secondary N) is 2. The Hall–Kier alpha value is -2.44. The van der Waals surface area contributed by atoms with Crippen molar-refractivity contribution in [3.05, 3.63) is 82.2 Å². The van der Waals surface area contributed by atoms with Gasteiger partial charge < -0.3 is 14.6 Å². The third kappa shape index (κ3) is 4.78. The molecule has 0 bridgehead atoms. The number of hydrogen-bond donors (Lipinski definition) is 2. The van der Waals surface area contributed by atoms with Crippen molar-refractivity contribution >= 4 is 17.2 Å². The first-order valence-electron chi connectivity index (χ1n) is 8.04. The van der Waals surface area contributed by atoms with Crippen molar-refractivity contribution in [3.63, 3.8) is 0 Å². The summed E-state index contributed by atoms with van der Waals surface area (Å²) in [5, 5.41) is 5.03. The average Bonchev–Trinajstić information content (AvgIpc) is 3.27. The van der Waals surface area contributed by atoms with E-state index < -0.39 is 0 Å². The minimum Gasteiger partial charge on any atom is -0.463 e. The van der Waals surface area contributed by atoms with E-state index in [9.17, 15) is 9.18 Å². The lowest BCUT2D eigenvalue weighted by molar-refractivity contribution is -0.886. The molecule has 4 nitrogen and oxygen atoms in total. The van der Waals surface area contributed by atoms with Crippen LogP contribution in [0.4, 0.5) is 4.39 Å². The lowest BCUT2D eigenvalue weighted by Gasteiger charge is -2.19. The molecule has 3 aromatic rings. The maximum Gasteiger partial charge on any atom is 0.275 e. The zero-order chi connectivity index (χ0) is 17.6. The molecule has 0 aliphatic carbocycles. The summed E-state index contributed by atoms with van der Waals surface area (Å²) >= 11 is 1.56. The number of quaternary nitrogens is 1. The van der Waals surface area contributed by atoms with E-state index in [1.54, 1.807) is 29.7 Å². The number of rotatable bonds is 7. The fraction of sp³-hybridized carbons (Fsp3) is 0.211. The fourth-order valence-corrected chi connectivity index (χ4v) is 3.49. The highest BCUT2D eigenvalue weighted by atomic mass is 32.1. The third-order valence-corrected chi connectivity index (χ3v) is 4.79. The van der Waals surface area contributed by atoms with Crippen LogP contribution < -0.4 is 10.2 Å². The van der Waals surface area contributed by atoms with Crippen LogP contribution >= 0.6 is 11.3 Å². The van der Waals surface area contributed by atoms with Crippen LogP contribution in [0.15, 0.2) is 64.6 Å². The molecule has 6 heteroatoms. The molecule has 0 aliphatic heterocycles. The van der Waals surface area contributed by atoms with Gasteiger partial charge in [0, 0.05) is 4.88 Å². The molecule has 1 aromatic carbocycles. The Morgan fingerprint density at radius 3 is 2.68 bits per heavy atom. The second-order valence-electron chi connectivity index (χ2n) is 5.96. The summed E-state index contributed by atoms with van der Waals surface area (Å²) in [6.45, 7) is 0.963. The van der Waals surface area contributed by atoms with E-state index in [2.05, 4.69) is 5.32 Å². The quantitative estimate of drug-likeness (QED) is 0.681. The van der Waals surface area contributed by atoms with E-state index in [0.717, 1.165) is 21.1 Å². The highest BCUT2D eigenvalue weighted by Gasteiger charge is 2.20. The van der Waals surface area contributed by atoms with Gasteiger partial charge in [0.05, 0.1) is 19.4 Å². The Morgan fingerprint density at radius 2 is 2.04 bits per heavy atom. The van der Waals surface area contributed by atoms with Crippen molar-refractivity contribution in [1.82, 2.24) is 5.32 Å². The summed E-state index contributed by atoms with van der Waals surface area (Å²) in [6, 6.07) is 13.6. The number of likely N-dealkylation sites (N-methyl/N-ethyl adjacent to an activating group) is 1. The summed E-state index contributed by atoms with van der Waals surface area (Å²) in [7, 11) is 1.94. The number of halogens is 1. The summed E-state index contributed by atoms with van der Waals surface area (Å²) in [5.41, 5.74) is 0.862. The first-order chi connectivity index (χ1) is 12.1. The molecule has 0 fully saturated rings. The number of furan rings is 1. The smallest absolute Gasteiger partial charge is 0.275 e. The van der Waals surface area contributed by atoms with Crippen LogP contribution in [0.5, 0.6) is 0 Å². The summed E-state index contributed by atoms with van der Waals surface area (Å²) in [5.74, 6) is 0.494. The molecular weight excluding hydrogens is 339 g/mol. The van der Waals surface area contributed by atoms with Crippen LogP contribution in [0.25, 0.3) is 0 Å². The van der Waals surface area contributed by atoms with Crippen molar-refractivity contribution in [3.8, 4) is 0 Å². The van der Waals surface area contributed by atoms with Gasteiger partial charge in [-0.15, -0.1) is 11.3 Å². The van der Waals surface area contributed by atoms with Crippen molar-refractivity contribution in [2.45, 2.75) is 12.6 Å². The maximum absolute atomic E-state index is 13.2. The van der Waals surface area contributed by atoms with E-state index in [0.29, 0.717) is 13.1 Å². The first kappa shape index (κ1) is 17.4. The molecule has 0 radical (unpaired) electrons. The predicted octanol–water partition coefficient (Wildman–Crippen LogP) is 2.40. The molecule has 2 atom stereocenters. The molecule has 0 saturated heterocycles. The van der Waals surface area contributed by atoms with Crippen LogP contribution in [0.3, 0.4) is 0 Å². The third-order valence-electron chi connectivity index (χ3n) is 3.85. The standard InChI is InChI=1S/C19H19FN2O2S/c1-22(12-16-4-2-10-24-16)13-18(23)21-19(17-5-3-11-25-17)14-6-8-15(20)9-7-14/h2-11,19H,12-13H2,1H3,(H,21,23)/p+1/t19-/m0/s1. The molecule has 1 amide bonds. The SMILES string of the molecule is C[NH+](CC(=O)N[C@@H](c1ccc(F)cc1)c1cccs1)Cc1ccco1. The number of carbonyl (C=O) groups excluding carboxylic acids is 1. The van der Waals surface area contributed by atoms with E-state index in [4.69, 9.17) is 4.42 Å². The molecule has 0 spiro atoms. The van der Waals surface area contributed by atoms with E-state index in [1.165, 1.54) is 12.1 Å². The van der Waals surface area contributed by atoms with Gasteiger partial charge in [0.2, 0.25) is 0 Å². The van der Waals surface area contributed by atoms with Gasteiger partial charge >= 0.3 is 0 Å². The largest absolute Gasteiger partial charge is 0.463 e. The highest BCUT2D eigenvalue weighted by Crippen LogP contribution is 2.26. The zero-order valence-electron chi connectivity index (χ0n) is 13.9. The minimum absolute atomic E-state index is 0.0632. The normalized spacial score (nSPS) is 13.4. The number of carbonyl (C=O) groups is 1. The van der Waals surface area contributed by atoms with Crippen molar-refractivity contribution in [2.75, 3.05) is 13.6 Å². The average molecular weight is 359 g/mol. The summed E-state index contributed by atoms with van der Waals surface area (Å²) in [4.78, 5) is 14.5. The summed E-state index contributed by atoms with van der Waals surface area (Å²) < 4.78 is 18.5.